The predicted octanol–water partition coefficient (Wildman–Crippen LogP) is 3.78. The van der Waals surface area contributed by atoms with E-state index < -0.39 is 5.97 Å². The number of rotatable bonds is 5. The van der Waals surface area contributed by atoms with Crippen molar-refractivity contribution in [3.8, 4) is 0 Å². The quantitative estimate of drug-likeness (QED) is 0.823. The third-order valence-corrected chi connectivity index (χ3v) is 4.49. The van der Waals surface area contributed by atoms with Crippen molar-refractivity contribution in [3.05, 3.63) is 47.3 Å². The number of benzene rings is 1. The van der Waals surface area contributed by atoms with Crippen LogP contribution in [0.2, 0.25) is 0 Å². The number of likely N-dealkylation sites (tertiary alicyclic amines) is 1. The van der Waals surface area contributed by atoms with Crippen LogP contribution in [0, 0.1) is 0 Å². The van der Waals surface area contributed by atoms with Crippen LogP contribution in [0.3, 0.4) is 0 Å². The summed E-state index contributed by atoms with van der Waals surface area (Å²) in [6.07, 6.45) is 3.63. The molecule has 138 valence electrons. The highest BCUT2D eigenvalue weighted by atomic mass is 16.5. The number of carbonyl (C=O) groups is 2. The summed E-state index contributed by atoms with van der Waals surface area (Å²) >= 11 is 0. The first-order valence-corrected chi connectivity index (χ1v) is 8.84. The van der Waals surface area contributed by atoms with Crippen molar-refractivity contribution in [1.82, 2.24) is 10.1 Å². The zero-order chi connectivity index (χ0) is 18.5. The number of carbonyl (C=O) groups excluding carboxylic acids is 2. The lowest BCUT2D eigenvalue weighted by Gasteiger charge is -2.23. The maximum Gasteiger partial charge on any atom is 0.337 e. The molecule has 1 atom stereocenters. The normalized spacial score (nSPS) is 16.5. The van der Waals surface area contributed by atoms with Crippen molar-refractivity contribution in [2.75, 3.05) is 19.0 Å². The molecule has 3 rings (SSSR count). The Balaban J connectivity index is 1.67. The van der Waals surface area contributed by atoms with E-state index in [0.29, 0.717) is 17.8 Å². The van der Waals surface area contributed by atoms with Crippen molar-refractivity contribution in [2.24, 2.45) is 0 Å². The van der Waals surface area contributed by atoms with E-state index in [-0.39, 0.29) is 12.1 Å². The van der Waals surface area contributed by atoms with Crippen molar-refractivity contribution < 1.29 is 18.8 Å². The van der Waals surface area contributed by atoms with Gasteiger partial charge in [-0.3, -0.25) is 0 Å². The number of hydrogen-bond acceptors (Lipinski definition) is 5. The lowest BCUT2D eigenvalue weighted by atomic mass is 10.1. The second-order valence-electron chi connectivity index (χ2n) is 6.32. The molecular weight excluding hydrogens is 334 g/mol. The summed E-state index contributed by atoms with van der Waals surface area (Å²) in [6.45, 7) is 2.76. The van der Waals surface area contributed by atoms with E-state index in [1.807, 2.05) is 6.07 Å². The van der Waals surface area contributed by atoms with Crippen molar-refractivity contribution in [3.63, 3.8) is 0 Å². The minimum Gasteiger partial charge on any atom is -0.465 e. The lowest BCUT2D eigenvalue weighted by molar-refractivity contribution is 0.0600. The molecule has 1 aromatic heterocycles. The average molecular weight is 357 g/mol. The molecule has 1 unspecified atom stereocenters. The minimum atomic E-state index is -0.406. The van der Waals surface area contributed by atoms with Crippen molar-refractivity contribution >= 4 is 17.7 Å². The number of nitrogens with one attached hydrogen (secondary N) is 1. The van der Waals surface area contributed by atoms with Gasteiger partial charge in [0.05, 0.1) is 18.7 Å². The van der Waals surface area contributed by atoms with Gasteiger partial charge in [-0.2, -0.15) is 0 Å². The van der Waals surface area contributed by atoms with Crippen LogP contribution in [0.25, 0.3) is 0 Å². The zero-order valence-corrected chi connectivity index (χ0v) is 15.0. The van der Waals surface area contributed by atoms with Gasteiger partial charge in [0.2, 0.25) is 0 Å². The minimum absolute atomic E-state index is 0.0706. The number of hydrogen-bond donors (Lipinski definition) is 1. The van der Waals surface area contributed by atoms with E-state index in [1.54, 1.807) is 29.2 Å². The second kappa shape index (κ2) is 8.03. The molecule has 0 saturated carbocycles. The summed E-state index contributed by atoms with van der Waals surface area (Å²) in [5, 5.41) is 7.03. The average Bonchev–Trinajstić information content (AvgIpc) is 3.31. The molecule has 1 aliphatic heterocycles. The van der Waals surface area contributed by atoms with Gasteiger partial charge in [-0.15, -0.1) is 0 Å². The lowest BCUT2D eigenvalue weighted by Crippen LogP contribution is -2.34. The molecule has 7 nitrogen and oxygen atoms in total. The van der Waals surface area contributed by atoms with Crippen LogP contribution in [0.15, 0.2) is 34.9 Å². The Morgan fingerprint density at radius 2 is 2.12 bits per heavy atom. The smallest absolute Gasteiger partial charge is 0.337 e. The van der Waals surface area contributed by atoms with Gasteiger partial charge in [0.15, 0.2) is 0 Å². The van der Waals surface area contributed by atoms with Crippen LogP contribution in [0.5, 0.6) is 0 Å². The number of amides is 2. The first-order chi connectivity index (χ1) is 12.6. The maximum atomic E-state index is 12.7. The summed E-state index contributed by atoms with van der Waals surface area (Å²) in [4.78, 5) is 25.9. The summed E-state index contributed by atoms with van der Waals surface area (Å²) in [6, 6.07) is 8.31. The number of anilines is 1. The fourth-order valence-corrected chi connectivity index (χ4v) is 3.17. The van der Waals surface area contributed by atoms with Gasteiger partial charge in [-0.05, 0) is 43.5 Å². The fraction of sp³-hybridized carbons (Fsp3) is 0.421. The van der Waals surface area contributed by atoms with E-state index in [1.165, 1.54) is 7.11 Å². The Kier molecular flexibility index (Phi) is 5.55. The van der Waals surface area contributed by atoms with Gasteiger partial charge in [0.25, 0.3) is 0 Å². The fourth-order valence-electron chi connectivity index (χ4n) is 3.17. The first kappa shape index (κ1) is 18.0. The van der Waals surface area contributed by atoms with Gasteiger partial charge < -0.3 is 19.5 Å². The molecule has 0 aliphatic carbocycles. The molecule has 26 heavy (non-hydrogen) atoms. The summed E-state index contributed by atoms with van der Waals surface area (Å²) in [5.41, 5.74) is 1.87. The van der Waals surface area contributed by atoms with Gasteiger partial charge in [0.1, 0.15) is 11.5 Å². The SMILES string of the molecule is CCCc1cc(C2CCCN2C(=O)Nc2ccc(C(=O)OC)cc2)no1. The molecule has 0 bridgehead atoms. The second-order valence-corrected chi connectivity index (χ2v) is 6.32. The molecule has 1 N–H and O–H groups in total. The van der Waals surface area contributed by atoms with Crippen LogP contribution in [0.4, 0.5) is 10.5 Å². The molecule has 0 spiro atoms. The van der Waals surface area contributed by atoms with E-state index in [4.69, 9.17) is 4.52 Å². The molecule has 2 amide bonds. The molecule has 1 aromatic carbocycles. The van der Waals surface area contributed by atoms with Crippen LogP contribution in [0.1, 0.15) is 54.0 Å². The number of urea groups is 1. The Hall–Kier alpha value is -2.83. The molecule has 2 heterocycles. The molecule has 1 aliphatic rings. The van der Waals surface area contributed by atoms with Crippen LogP contribution < -0.4 is 5.32 Å². The molecular formula is C19H23N3O4. The molecule has 0 radical (unpaired) electrons. The predicted molar refractivity (Wildman–Crippen MR) is 96.0 cm³/mol. The van der Waals surface area contributed by atoms with E-state index in [2.05, 4.69) is 22.1 Å². The van der Waals surface area contributed by atoms with Gasteiger partial charge in [-0.1, -0.05) is 12.1 Å². The third kappa shape index (κ3) is 3.87. The van der Waals surface area contributed by atoms with Gasteiger partial charge >= 0.3 is 12.0 Å². The van der Waals surface area contributed by atoms with Crippen molar-refractivity contribution in [1.29, 1.82) is 0 Å². The third-order valence-electron chi connectivity index (χ3n) is 4.49. The van der Waals surface area contributed by atoms with Crippen LogP contribution in [-0.4, -0.2) is 35.7 Å². The number of esters is 1. The zero-order valence-electron chi connectivity index (χ0n) is 15.0. The van der Waals surface area contributed by atoms with Crippen LogP contribution >= 0.6 is 0 Å². The summed E-state index contributed by atoms with van der Waals surface area (Å²) < 4.78 is 10.0. The van der Waals surface area contributed by atoms with E-state index in [9.17, 15) is 9.59 Å². The number of aryl methyl sites for hydroxylation is 1. The molecule has 1 saturated heterocycles. The van der Waals surface area contributed by atoms with E-state index in [0.717, 1.165) is 37.1 Å². The summed E-state index contributed by atoms with van der Waals surface area (Å²) in [5.74, 6) is 0.449. The molecule has 7 heteroatoms. The Morgan fingerprint density at radius 3 is 2.81 bits per heavy atom. The number of ether oxygens (including phenoxy) is 1. The standard InChI is InChI=1S/C19H23N3O4/c1-3-5-15-12-16(21-26-15)17-6-4-11-22(17)19(24)20-14-9-7-13(8-10-14)18(23)25-2/h7-10,12,17H,3-6,11H2,1-2H3,(H,20,24). The number of aromatic nitrogens is 1. The Morgan fingerprint density at radius 1 is 1.35 bits per heavy atom. The highest BCUT2D eigenvalue weighted by molar-refractivity contribution is 5.92. The summed E-state index contributed by atoms with van der Waals surface area (Å²) in [7, 11) is 1.33. The highest BCUT2D eigenvalue weighted by Gasteiger charge is 2.32. The highest BCUT2D eigenvalue weighted by Crippen LogP contribution is 2.32. The van der Waals surface area contributed by atoms with Crippen LogP contribution in [-0.2, 0) is 11.2 Å². The largest absolute Gasteiger partial charge is 0.465 e. The molecule has 1 fully saturated rings. The monoisotopic (exact) mass is 357 g/mol. The molecule has 2 aromatic rings. The first-order valence-electron chi connectivity index (χ1n) is 8.84. The van der Waals surface area contributed by atoms with E-state index >= 15 is 0 Å². The maximum absolute atomic E-state index is 12.7. The Bertz CT molecular complexity index is 769. The Labute approximate surface area is 152 Å². The topological polar surface area (TPSA) is 84.7 Å². The number of nitrogens with zero attached hydrogens (tertiary/aromatic N) is 2. The van der Waals surface area contributed by atoms with Crippen molar-refractivity contribution in [2.45, 2.75) is 38.6 Å². The van der Waals surface area contributed by atoms with Gasteiger partial charge in [-0.25, -0.2) is 9.59 Å². The van der Waals surface area contributed by atoms with Gasteiger partial charge in [0, 0.05) is 24.7 Å². The number of methoxy groups -OCH3 is 1.